The summed E-state index contributed by atoms with van der Waals surface area (Å²) in [6, 6.07) is 8.33. The number of hydrogen-bond donors (Lipinski definition) is 1. The van der Waals surface area contributed by atoms with Gasteiger partial charge in [-0.2, -0.15) is 0 Å². The summed E-state index contributed by atoms with van der Waals surface area (Å²) in [5, 5.41) is 0. The summed E-state index contributed by atoms with van der Waals surface area (Å²) in [5.74, 6) is 0.222. The van der Waals surface area contributed by atoms with E-state index in [1.165, 1.54) is 5.56 Å². The Bertz CT molecular complexity index is 569. The van der Waals surface area contributed by atoms with Crippen LogP contribution >= 0.6 is 0 Å². The molecule has 1 saturated carbocycles. The largest absolute Gasteiger partial charge is 0.339 e. The highest BCUT2D eigenvalue weighted by Crippen LogP contribution is 2.43. The minimum atomic E-state index is -0.503. The molecule has 0 atom stereocenters. The summed E-state index contributed by atoms with van der Waals surface area (Å²) in [4.78, 5) is 17.2. The van der Waals surface area contributed by atoms with Crippen molar-refractivity contribution in [1.82, 2.24) is 9.80 Å². The van der Waals surface area contributed by atoms with Gasteiger partial charge in [0.1, 0.15) is 0 Å². The first-order valence-corrected chi connectivity index (χ1v) is 8.21. The molecule has 3 rings (SSSR count). The molecule has 1 aliphatic heterocycles. The Morgan fingerprint density at radius 1 is 1.18 bits per heavy atom. The van der Waals surface area contributed by atoms with E-state index in [1.54, 1.807) is 0 Å². The maximum Gasteiger partial charge on any atom is 0.232 e. The lowest BCUT2D eigenvalue weighted by atomic mass is 9.81. The molecule has 120 valence electrons. The summed E-state index contributed by atoms with van der Waals surface area (Å²) < 4.78 is 0. The summed E-state index contributed by atoms with van der Waals surface area (Å²) in [5.41, 5.74) is 7.91. The number of nitrogens with zero attached hydrogens (tertiary/aromatic N) is 2. The first-order chi connectivity index (χ1) is 10.3. The van der Waals surface area contributed by atoms with Gasteiger partial charge in [-0.3, -0.25) is 4.79 Å². The lowest BCUT2D eigenvalue weighted by Gasteiger charge is -2.37. The number of carbonyl (C=O) groups excluding carboxylic acids is 1. The Hall–Kier alpha value is -1.39. The highest BCUT2D eigenvalue weighted by atomic mass is 16.2. The molecule has 2 aliphatic rings. The van der Waals surface area contributed by atoms with E-state index in [0.29, 0.717) is 0 Å². The van der Waals surface area contributed by atoms with Crippen molar-refractivity contribution in [2.45, 2.75) is 37.6 Å². The van der Waals surface area contributed by atoms with Crippen molar-refractivity contribution < 1.29 is 4.79 Å². The second-order valence-electron chi connectivity index (χ2n) is 7.46. The highest BCUT2D eigenvalue weighted by Gasteiger charge is 2.41. The van der Waals surface area contributed by atoms with Crippen molar-refractivity contribution in [3.05, 3.63) is 35.4 Å². The normalized spacial score (nSPS) is 21.7. The molecule has 0 aromatic heterocycles. The summed E-state index contributed by atoms with van der Waals surface area (Å²) in [7, 11) is 2.10. The van der Waals surface area contributed by atoms with Crippen LogP contribution in [0.3, 0.4) is 0 Å². The number of likely N-dealkylation sites (N-methyl/N-ethyl adjacent to an activating group) is 1. The Labute approximate surface area is 133 Å². The van der Waals surface area contributed by atoms with Gasteiger partial charge in [0.15, 0.2) is 0 Å². The molecule has 0 bridgehead atoms. The molecule has 1 aromatic rings. The van der Waals surface area contributed by atoms with Crippen LogP contribution in [0.1, 0.15) is 37.8 Å². The highest BCUT2D eigenvalue weighted by molar-refractivity contribution is 5.87. The first kappa shape index (κ1) is 15.5. The summed E-state index contributed by atoms with van der Waals surface area (Å²) in [6.45, 7) is 7.60. The molecule has 1 amide bonds. The second kappa shape index (κ2) is 5.36. The van der Waals surface area contributed by atoms with Crippen molar-refractivity contribution in [3.8, 4) is 0 Å². The van der Waals surface area contributed by atoms with Gasteiger partial charge in [-0.1, -0.05) is 24.3 Å². The van der Waals surface area contributed by atoms with Gasteiger partial charge in [0.2, 0.25) is 5.91 Å². The van der Waals surface area contributed by atoms with Gasteiger partial charge < -0.3 is 15.5 Å². The molecule has 1 saturated heterocycles. The van der Waals surface area contributed by atoms with E-state index in [2.05, 4.69) is 30.1 Å². The van der Waals surface area contributed by atoms with Gasteiger partial charge in [0.05, 0.1) is 5.41 Å². The number of carbonyl (C=O) groups is 1. The third-order valence-corrected chi connectivity index (χ3v) is 5.27. The molecule has 4 heteroatoms. The topological polar surface area (TPSA) is 49.6 Å². The van der Waals surface area contributed by atoms with E-state index < -0.39 is 5.41 Å². The molecule has 1 aliphatic carbocycles. The van der Waals surface area contributed by atoms with Crippen molar-refractivity contribution in [3.63, 3.8) is 0 Å². The first-order valence-electron chi connectivity index (χ1n) is 8.21. The van der Waals surface area contributed by atoms with E-state index in [4.69, 9.17) is 5.73 Å². The lowest BCUT2D eigenvalue weighted by Crippen LogP contribution is -2.52. The number of hydrogen-bond acceptors (Lipinski definition) is 3. The monoisotopic (exact) mass is 301 g/mol. The molecule has 4 nitrogen and oxygen atoms in total. The predicted octanol–water partition coefficient (Wildman–Crippen LogP) is 1.69. The van der Waals surface area contributed by atoms with Crippen LogP contribution in [-0.2, 0) is 15.7 Å². The molecule has 1 heterocycles. The van der Waals surface area contributed by atoms with Gasteiger partial charge in [-0.05, 0) is 44.9 Å². The maximum absolute atomic E-state index is 13.0. The fourth-order valence-electron chi connectivity index (χ4n) is 3.17. The molecule has 2 fully saturated rings. The van der Waals surface area contributed by atoms with E-state index in [0.717, 1.165) is 44.6 Å². The predicted molar refractivity (Wildman–Crippen MR) is 88.6 cm³/mol. The van der Waals surface area contributed by atoms with E-state index in [9.17, 15) is 4.79 Å². The molecule has 22 heavy (non-hydrogen) atoms. The van der Waals surface area contributed by atoms with Crippen LogP contribution < -0.4 is 5.73 Å². The van der Waals surface area contributed by atoms with Crippen LogP contribution in [0.5, 0.6) is 0 Å². The van der Waals surface area contributed by atoms with E-state index >= 15 is 0 Å². The fraction of sp³-hybridized carbons (Fsp3) is 0.611. The van der Waals surface area contributed by atoms with Crippen LogP contribution in [-0.4, -0.2) is 48.9 Å². The molecule has 0 spiro atoms. The SMILES string of the molecule is CN1CCN(C(=O)C(C)(C)c2cccc(C3(N)CC3)c2)CC1. The molecule has 2 N–H and O–H groups in total. The number of nitrogens with two attached hydrogens (primary N) is 1. The number of benzene rings is 1. The zero-order chi connectivity index (χ0) is 16.0. The molecule has 1 aromatic carbocycles. The molecule has 0 radical (unpaired) electrons. The van der Waals surface area contributed by atoms with Gasteiger partial charge in [0.25, 0.3) is 0 Å². The summed E-state index contributed by atoms with van der Waals surface area (Å²) in [6.07, 6.45) is 2.09. The van der Waals surface area contributed by atoms with Crippen molar-refractivity contribution in [2.75, 3.05) is 33.2 Å². The third-order valence-electron chi connectivity index (χ3n) is 5.27. The summed E-state index contributed by atoms with van der Waals surface area (Å²) >= 11 is 0. The fourth-order valence-corrected chi connectivity index (χ4v) is 3.17. The van der Waals surface area contributed by atoms with E-state index in [-0.39, 0.29) is 11.4 Å². The third kappa shape index (κ3) is 2.77. The minimum absolute atomic E-state index is 0.150. The lowest BCUT2D eigenvalue weighted by molar-refractivity contribution is -0.137. The molecule has 0 unspecified atom stereocenters. The maximum atomic E-state index is 13.0. The van der Waals surface area contributed by atoms with Gasteiger partial charge in [-0.15, -0.1) is 0 Å². The minimum Gasteiger partial charge on any atom is -0.339 e. The Morgan fingerprint density at radius 2 is 1.82 bits per heavy atom. The van der Waals surface area contributed by atoms with Crippen LogP contribution in [0.15, 0.2) is 24.3 Å². The van der Waals surface area contributed by atoms with Gasteiger partial charge >= 0.3 is 0 Å². The average Bonchev–Trinajstić information content (AvgIpc) is 3.27. The van der Waals surface area contributed by atoms with Gasteiger partial charge in [-0.25, -0.2) is 0 Å². The zero-order valence-corrected chi connectivity index (χ0v) is 13.9. The number of rotatable bonds is 3. The van der Waals surface area contributed by atoms with Crippen LogP contribution in [0, 0.1) is 0 Å². The Kier molecular flexibility index (Phi) is 3.77. The quantitative estimate of drug-likeness (QED) is 0.924. The van der Waals surface area contributed by atoms with Crippen molar-refractivity contribution >= 4 is 5.91 Å². The van der Waals surface area contributed by atoms with E-state index in [1.807, 2.05) is 24.8 Å². The van der Waals surface area contributed by atoms with Crippen molar-refractivity contribution in [1.29, 1.82) is 0 Å². The molecular formula is C18H27N3O. The standard InChI is InChI=1S/C18H27N3O/c1-17(2,16(22)21-11-9-20(3)10-12-21)14-5-4-6-15(13-14)18(19)7-8-18/h4-6,13H,7-12,19H2,1-3H3. The van der Waals surface area contributed by atoms with Crippen LogP contribution in [0.2, 0.25) is 0 Å². The van der Waals surface area contributed by atoms with Crippen LogP contribution in [0.4, 0.5) is 0 Å². The zero-order valence-electron chi connectivity index (χ0n) is 13.9. The Morgan fingerprint density at radius 3 is 2.41 bits per heavy atom. The number of amides is 1. The Balaban J connectivity index is 1.81. The van der Waals surface area contributed by atoms with Crippen LogP contribution in [0.25, 0.3) is 0 Å². The smallest absolute Gasteiger partial charge is 0.232 e. The second-order valence-corrected chi connectivity index (χ2v) is 7.46. The number of piperazine rings is 1. The van der Waals surface area contributed by atoms with Gasteiger partial charge in [0, 0.05) is 31.7 Å². The molecular weight excluding hydrogens is 274 g/mol. The van der Waals surface area contributed by atoms with Crippen molar-refractivity contribution in [2.24, 2.45) is 5.73 Å². The average molecular weight is 301 g/mol.